The molecule has 6 nitrogen and oxygen atoms in total. The first-order chi connectivity index (χ1) is 15.3. The van der Waals surface area contributed by atoms with E-state index in [0.29, 0.717) is 15.2 Å². The van der Waals surface area contributed by atoms with Gasteiger partial charge in [0.15, 0.2) is 5.84 Å². The molecule has 0 atom stereocenters. The number of hydrogen-bond acceptors (Lipinski definition) is 4. The Morgan fingerprint density at radius 2 is 1.97 bits per heavy atom. The zero-order valence-corrected chi connectivity index (χ0v) is 20.4. The van der Waals surface area contributed by atoms with Gasteiger partial charge in [-0.25, -0.2) is 0 Å². The van der Waals surface area contributed by atoms with E-state index in [4.69, 9.17) is 28.6 Å². The number of aliphatic imine (C=N–C) groups is 1. The number of aryl methyl sites for hydroxylation is 1. The van der Waals surface area contributed by atoms with Crippen molar-refractivity contribution >= 4 is 63.0 Å². The number of hydrazone groups is 1. The molecule has 1 N–H and O–H groups in total. The number of benzene rings is 1. The number of unbranched alkanes of at least 4 members (excludes halogenated alkanes) is 2. The fourth-order valence-electron chi connectivity index (χ4n) is 3.78. The molecular weight excluding hydrogens is 465 g/mol. The van der Waals surface area contributed by atoms with Crippen LogP contribution in [0.15, 0.2) is 39.9 Å². The Morgan fingerprint density at radius 3 is 2.69 bits per heavy atom. The number of hydrogen-bond donors (Lipinski definition) is 1. The summed E-state index contributed by atoms with van der Waals surface area (Å²) in [6, 6.07) is 7.32. The second-order valence-corrected chi connectivity index (χ2v) is 9.61. The van der Waals surface area contributed by atoms with Gasteiger partial charge in [-0.05, 0) is 74.4 Å². The van der Waals surface area contributed by atoms with Crippen molar-refractivity contribution in [1.82, 2.24) is 9.58 Å². The lowest BCUT2D eigenvalue weighted by Gasteiger charge is -2.20. The van der Waals surface area contributed by atoms with Crippen LogP contribution in [0.4, 0.5) is 0 Å². The van der Waals surface area contributed by atoms with Crippen LogP contribution in [-0.2, 0) is 4.79 Å². The van der Waals surface area contributed by atoms with Gasteiger partial charge in [-0.3, -0.25) is 10.2 Å². The van der Waals surface area contributed by atoms with Crippen molar-refractivity contribution < 1.29 is 4.79 Å². The smallest absolute Gasteiger partial charge is 0.283 e. The molecule has 0 spiro atoms. The number of halogens is 2. The quantitative estimate of drug-likeness (QED) is 0.368. The minimum atomic E-state index is -0.423. The van der Waals surface area contributed by atoms with Crippen LogP contribution in [0.25, 0.3) is 11.8 Å². The minimum absolute atomic E-state index is 0.0484. The van der Waals surface area contributed by atoms with Crippen LogP contribution in [0.3, 0.4) is 0 Å². The number of fused-ring (bicyclic) bond motifs is 1. The largest absolute Gasteiger partial charge is 0.316 e. The molecule has 0 fully saturated rings. The Bertz CT molecular complexity index is 1210. The molecule has 0 bridgehead atoms. The maximum absolute atomic E-state index is 12.8. The summed E-state index contributed by atoms with van der Waals surface area (Å²) in [6.07, 6.45) is 5.83. The second kappa shape index (κ2) is 9.25. The fourth-order valence-corrected chi connectivity index (χ4v) is 5.20. The predicted molar refractivity (Wildman–Crippen MR) is 134 cm³/mol. The molecule has 4 rings (SSSR count). The molecule has 0 saturated heterocycles. The molecule has 3 heterocycles. The van der Waals surface area contributed by atoms with Crippen LogP contribution in [0, 0.1) is 19.3 Å². The van der Waals surface area contributed by atoms with Crippen molar-refractivity contribution in [3.05, 3.63) is 56.8 Å². The summed E-state index contributed by atoms with van der Waals surface area (Å²) < 4.78 is 2.01. The summed E-state index contributed by atoms with van der Waals surface area (Å²) in [5.41, 5.74) is 3.69. The van der Waals surface area contributed by atoms with E-state index in [9.17, 15) is 4.79 Å². The van der Waals surface area contributed by atoms with E-state index >= 15 is 0 Å². The summed E-state index contributed by atoms with van der Waals surface area (Å²) in [7, 11) is 0. The fraction of sp³-hybridized carbons (Fsp3) is 0.304. The third-order valence-electron chi connectivity index (χ3n) is 5.41. The van der Waals surface area contributed by atoms with Crippen molar-refractivity contribution in [2.24, 2.45) is 10.1 Å². The molecule has 2 aromatic rings. The molecule has 0 saturated carbocycles. The van der Waals surface area contributed by atoms with Crippen molar-refractivity contribution in [2.45, 2.75) is 46.5 Å². The molecule has 9 heteroatoms. The Balaban J connectivity index is 1.66. The molecule has 0 radical (unpaired) electrons. The summed E-state index contributed by atoms with van der Waals surface area (Å²) in [5.74, 6) is -0.375. The molecular formula is C23H23Cl2N5OS. The molecule has 0 unspecified atom stereocenters. The lowest BCUT2D eigenvalue weighted by molar-refractivity contribution is -0.114. The average Bonchev–Trinajstić information content (AvgIpc) is 3.26. The second-order valence-electron chi connectivity index (χ2n) is 7.73. The number of carbonyl (C=O) groups excluding carboxylic acids is 1. The maximum atomic E-state index is 12.8. The molecule has 2 aliphatic rings. The van der Waals surface area contributed by atoms with E-state index < -0.39 is 5.91 Å². The molecule has 166 valence electrons. The topological polar surface area (TPSA) is 73.8 Å². The van der Waals surface area contributed by atoms with Gasteiger partial charge in [0.2, 0.25) is 5.17 Å². The zero-order chi connectivity index (χ0) is 23.0. The van der Waals surface area contributed by atoms with E-state index in [1.165, 1.54) is 16.8 Å². The van der Waals surface area contributed by atoms with Gasteiger partial charge in [0.05, 0.1) is 16.3 Å². The number of amides is 1. The Morgan fingerprint density at radius 1 is 1.19 bits per heavy atom. The third kappa shape index (κ3) is 4.29. The van der Waals surface area contributed by atoms with Crippen LogP contribution in [0.2, 0.25) is 10.0 Å². The van der Waals surface area contributed by atoms with Crippen LogP contribution >= 0.6 is 35.0 Å². The number of nitrogens with zero attached hydrogens (tertiary/aromatic N) is 4. The number of aromatic nitrogens is 1. The number of nitrogens with one attached hydrogen (secondary N) is 1. The van der Waals surface area contributed by atoms with E-state index in [-0.39, 0.29) is 11.4 Å². The maximum Gasteiger partial charge on any atom is 0.283 e. The van der Waals surface area contributed by atoms with Crippen LogP contribution in [0.5, 0.6) is 0 Å². The monoisotopic (exact) mass is 487 g/mol. The normalized spacial score (nSPS) is 17.2. The molecule has 1 aromatic carbocycles. The van der Waals surface area contributed by atoms with Crippen molar-refractivity contribution in [2.75, 3.05) is 0 Å². The first kappa shape index (κ1) is 22.8. The van der Waals surface area contributed by atoms with E-state index in [1.54, 1.807) is 18.2 Å². The van der Waals surface area contributed by atoms with Gasteiger partial charge in [-0.2, -0.15) is 15.1 Å². The highest BCUT2D eigenvalue weighted by atomic mass is 35.5. The minimum Gasteiger partial charge on any atom is -0.316 e. The van der Waals surface area contributed by atoms with Crippen molar-refractivity contribution in [3.8, 4) is 5.69 Å². The van der Waals surface area contributed by atoms with E-state index in [2.05, 4.69) is 17.0 Å². The van der Waals surface area contributed by atoms with Crippen LogP contribution in [0.1, 0.15) is 49.6 Å². The molecule has 0 aliphatic carbocycles. The Labute approximate surface area is 201 Å². The van der Waals surface area contributed by atoms with Gasteiger partial charge in [0.25, 0.3) is 5.91 Å². The third-order valence-corrected chi connectivity index (χ3v) is 6.92. The average molecular weight is 488 g/mol. The highest BCUT2D eigenvalue weighted by Crippen LogP contribution is 2.32. The van der Waals surface area contributed by atoms with Gasteiger partial charge in [-0.15, -0.1) is 0 Å². The van der Waals surface area contributed by atoms with Gasteiger partial charge >= 0.3 is 0 Å². The van der Waals surface area contributed by atoms with Gasteiger partial charge in [0.1, 0.15) is 5.04 Å². The Kier molecular flexibility index (Phi) is 6.60. The number of thioether (sulfide) groups is 1. The standard InChI is InChI=1S/C23H23Cl2N5OS/c1-4-5-6-7-20-28-30-21(26)17(22(31)27-23(30)32-20)11-15-10-13(2)29(14(15)3)19-9-8-16(24)12-18(19)25/h8-12,26H,4-7H2,1-3H3/b17-11-,26-21?. The number of carbonyl (C=O) groups is 1. The number of rotatable bonds is 6. The highest BCUT2D eigenvalue weighted by molar-refractivity contribution is 8.26. The molecule has 1 aromatic heterocycles. The van der Waals surface area contributed by atoms with Crippen molar-refractivity contribution in [3.63, 3.8) is 0 Å². The summed E-state index contributed by atoms with van der Waals surface area (Å²) in [5, 5.41) is 17.1. The SMILES string of the molecule is CCCCCC1=NN2C(=N)/C(=C/c3cc(C)n(-c4ccc(Cl)cc4Cl)c3C)C(=O)N=C2S1. The lowest BCUT2D eigenvalue weighted by atomic mass is 10.1. The Hall–Kier alpha value is -2.35. The molecule has 32 heavy (non-hydrogen) atoms. The van der Waals surface area contributed by atoms with E-state index in [1.807, 2.05) is 30.5 Å². The van der Waals surface area contributed by atoms with Crippen LogP contribution < -0.4 is 0 Å². The predicted octanol–water partition coefficient (Wildman–Crippen LogP) is 6.60. The summed E-state index contributed by atoms with van der Waals surface area (Å²) in [6.45, 7) is 6.07. The van der Waals surface area contributed by atoms with Crippen LogP contribution in [-0.4, -0.2) is 31.5 Å². The zero-order valence-electron chi connectivity index (χ0n) is 18.1. The molecule has 1 amide bonds. The van der Waals surface area contributed by atoms with Gasteiger partial charge in [-0.1, -0.05) is 43.0 Å². The van der Waals surface area contributed by atoms with E-state index in [0.717, 1.165) is 53.4 Å². The summed E-state index contributed by atoms with van der Waals surface area (Å²) in [4.78, 5) is 16.9. The molecule has 2 aliphatic heterocycles. The number of amidine groups is 2. The van der Waals surface area contributed by atoms with Gasteiger partial charge < -0.3 is 4.57 Å². The van der Waals surface area contributed by atoms with Gasteiger partial charge in [0, 0.05) is 16.4 Å². The summed E-state index contributed by atoms with van der Waals surface area (Å²) >= 11 is 13.8. The van der Waals surface area contributed by atoms with Crippen molar-refractivity contribution in [1.29, 1.82) is 5.41 Å². The first-order valence-corrected chi connectivity index (χ1v) is 12.0. The first-order valence-electron chi connectivity index (χ1n) is 10.4. The lowest BCUT2D eigenvalue weighted by Crippen LogP contribution is -2.35. The highest BCUT2D eigenvalue weighted by Gasteiger charge is 2.35.